The maximum atomic E-state index is 12.2. The van der Waals surface area contributed by atoms with Crippen LogP contribution in [-0.2, 0) is 4.79 Å². The lowest BCUT2D eigenvalue weighted by Crippen LogP contribution is -2.39. The summed E-state index contributed by atoms with van der Waals surface area (Å²) < 4.78 is 0. The van der Waals surface area contributed by atoms with Crippen molar-refractivity contribution in [2.45, 2.75) is 37.0 Å². The minimum absolute atomic E-state index is 0.0823. The van der Waals surface area contributed by atoms with Crippen LogP contribution in [0.15, 0.2) is 29.2 Å². The van der Waals surface area contributed by atoms with Gasteiger partial charge in [0.1, 0.15) is 0 Å². The Morgan fingerprint density at radius 3 is 2.56 bits per heavy atom. The van der Waals surface area contributed by atoms with Gasteiger partial charge in [0.15, 0.2) is 0 Å². The molecule has 0 unspecified atom stereocenters. The monoisotopic (exact) mass is 265 g/mol. The molecule has 0 radical (unpaired) electrons. The Bertz CT molecular complexity index is 445. The molecule has 0 bridgehead atoms. The summed E-state index contributed by atoms with van der Waals surface area (Å²) in [4.78, 5) is 13.3. The summed E-state index contributed by atoms with van der Waals surface area (Å²) in [7, 11) is 0. The van der Waals surface area contributed by atoms with Crippen LogP contribution in [0.4, 0.5) is 5.69 Å². The van der Waals surface area contributed by atoms with Crippen LogP contribution in [0, 0.1) is 11.8 Å². The second-order valence-electron chi connectivity index (χ2n) is 5.08. The van der Waals surface area contributed by atoms with Crippen molar-refractivity contribution in [1.29, 1.82) is 0 Å². The van der Waals surface area contributed by atoms with Crippen molar-refractivity contribution in [3.63, 3.8) is 0 Å². The maximum Gasteiger partial charge on any atom is 0.231 e. The molecule has 18 heavy (non-hydrogen) atoms. The number of amides is 1. The first-order valence-corrected chi connectivity index (χ1v) is 7.13. The summed E-state index contributed by atoms with van der Waals surface area (Å²) in [6.45, 7) is 5.87. The Balaban J connectivity index is 2.41. The number of carbonyl (C=O) groups excluding carboxylic acids is 1. The van der Waals surface area contributed by atoms with Gasteiger partial charge in [-0.05, 0) is 25.0 Å². The Morgan fingerprint density at radius 2 is 1.94 bits per heavy atom. The SMILES string of the molecule is CC(C)[C@@H]1Sc2ccccc2NC(=O)[C@H]1[C@@H](C)O. The van der Waals surface area contributed by atoms with E-state index in [2.05, 4.69) is 19.2 Å². The number of nitrogens with one attached hydrogen (secondary N) is 1. The summed E-state index contributed by atoms with van der Waals surface area (Å²) in [6, 6.07) is 7.80. The minimum atomic E-state index is -0.640. The average Bonchev–Trinajstić information content (AvgIpc) is 2.44. The molecule has 1 aliphatic heterocycles. The van der Waals surface area contributed by atoms with E-state index < -0.39 is 6.10 Å². The van der Waals surface area contributed by atoms with E-state index >= 15 is 0 Å². The average molecular weight is 265 g/mol. The number of thioether (sulfide) groups is 1. The van der Waals surface area contributed by atoms with Crippen LogP contribution in [0.25, 0.3) is 0 Å². The third-order valence-electron chi connectivity index (χ3n) is 3.24. The number of para-hydroxylation sites is 1. The van der Waals surface area contributed by atoms with Gasteiger partial charge in [0, 0.05) is 10.1 Å². The molecule has 4 heteroatoms. The molecule has 1 amide bonds. The van der Waals surface area contributed by atoms with Gasteiger partial charge in [-0.1, -0.05) is 26.0 Å². The van der Waals surface area contributed by atoms with Crippen molar-refractivity contribution in [2.24, 2.45) is 11.8 Å². The van der Waals surface area contributed by atoms with Gasteiger partial charge in [-0.2, -0.15) is 0 Å². The standard InChI is InChI=1S/C14H19NO2S/c1-8(2)13-12(9(3)16)14(17)15-10-6-4-5-7-11(10)18-13/h4-9,12-13,16H,1-3H3,(H,15,17)/t9-,12+,13+/m1/s1. The molecular formula is C14H19NO2S. The van der Waals surface area contributed by atoms with Gasteiger partial charge in [-0.3, -0.25) is 4.79 Å². The van der Waals surface area contributed by atoms with Gasteiger partial charge in [-0.25, -0.2) is 0 Å². The molecule has 0 saturated heterocycles. The zero-order chi connectivity index (χ0) is 13.3. The van der Waals surface area contributed by atoms with Crippen molar-refractivity contribution in [3.8, 4) is 0 Å². The molecule has 1 aromatic carbocycles. The molecule has 1 heterocycles. The normalized spacial score (nSPS) is 25.3. The van der Waals surface area contributed by atoms with E-state index in [1.165, 1.54) is 0 Å². The summed E-state index contributed by atoms with van der Waals surface area (Å²) >= 11 is 1.68. The number of hydrogen-bond acceptors (Lipinski definition) is 3. The van der Waals surface area contributed by atoms with E-state index in [0.717, 1.165) is 10.6 Å². The smallest absolute Gasteiger partial charge is 0.231 e. The van der Waals surface area contributed by atoms with E-state index in [1.807, 2.05) is 24.3 Å². The van der Waals surface area contributed by atoms with Crippen LogP contribution >= 0.6 is 11.8 Å². The minimum Gasteiger partial charge on any atom is -0.393 e. The summed E-state index contributed by atoms with van der Waals surface area (Å²) in [5.74, 6) is -0.130. The predicted octanol–water partition coefficient (Wildman–Crippen LogP) is 2.75. The van der Waals surface area contributed by atoms with Crippen LogP contribution in [-0.4, -0.2) is 22.4 Å². The Morgan fingerprint density at radius 1 is 1.28 bits per heavy atom. The van der Waals surface area contributed by atoms with E-state index in [0.29, 0.717) is 5.92 Å². The zero-order valence-corrected chi connectivity index (χ0v) is 11.7. The highest BCUT2D eigenvalue weighted by Gasteiger charge is 2.37. The quantitative estimate of drug-likeness (QED) is 0.864. The number of hydrogen-bond donors (Lipinski definition) is 2. The number of carbonyl (C=O) groups is 1. The number of anilines is 1. The second-order valence-corrected chi connectivity index (χ2v) is 6.30. The molecule has 1 aliphatic rings. The van der Waals surface area contributed by atoms with Crippen molar-refractivity contribution in [3.05, 3.63) is 24.3 Å². The van der Waals surface area contributed by atoms with E-state index in [4.69, 9.17) is 0 Å². The van der Waals surface area contributed by atoms with Gasteiger partial charge in [0.2, 0.25) is 5.91 Å². The number of aliphatic hydroxyl groups excluding tert-OH is 1. The van der Waals surface area contributed by atoms with E-state index in [-0.39, 0.29) is 17.1 Å². The van der Waals surface area contributed by atoms with Gasteiger partial charge < -0.3 is 10.4 Å². The largest absolute Gasteiger partial charge is 0.393 e. The summed E-state index contributed by atoms with van der Waals surface area (Å²) in [5.41, 5.74) is 0.848. The molecule has 2 rings (SSSR count). The van der Waals surface area contributed by atoms with E-state index in [1.54, 1.807) is 18.7 Å². The molecule has 1 aromatic rings. The van der Waals surface area contributed by atoms with Crippen molar-refractivity contribution < 1.29 is 9.90 Å². The van der Waals surface area contributed by atoms with Crippen molar-refractivity contribution >= 4 is 23.4 Å². The Hall–Kier alpha value is -1.00. The lowest BCUT2D eigenvalue weighted by Gasteiger charge is -2.28. The Labute approximate surface area is 112 Å². The lowest BCUT2D eigenvalue weighted by atomic mass is 9.91. The van der Waals surface area contributed by atoms with Gasteiger partial charge in [0.25, 0.3) is 0 Å². The fourth-order valence-corrected chi connectivity index (χ4v) is 3.77. The topological polar surface area (TPSA) is 49.3 Å². The van der Waals surface area contributed by atoms with Crippen LogP contribution < -0.4 is 5.32 Å². The highest BCUT2D eigenvalue weighted by molar-refractivity contribution is 8.00. The first-order valence-electron chi connectivity index (χ1n) is 6.25. The molecule has 0 saturated carbocycles. The lowest BCUT2D eigenvalue weighted by molar-refractivity contribution is -0.123. The van der Waals surface area contributed by atoms with Crippen LogP contribution in [0.2, 0.25) is 0 Å². The predicted molar refractivity (Wildman–Crippen MR) is 74.7 cm³/mol. The molecule has 0 aliphatic carbocycles. The van der Waals surface area contributed by atoms with Crippen molar-refractivity contribution in [1.82, 2.24) is 0 Å². The molecular weight excluding hydrogens is 246 g/mol. The van der Waals surface area contributed by atoms with Crippen LogP contribution in [0.3, 0.4) is 0 Å². The third kappa shape index (κ3) is 2.54. The fourth-order valence-electron chi connectivity index (χ4n) is 2.30. The zero-order valence-electron chi connectivity index (χ0n) is 10.9. The van der Waals surface area contributed by atoms with Gasteiger partial charge in [-0.15, -0.1) is 11.8 Å². The molecule has 3 nitrogen and oxygen atoms in total. The molecule has 98 valence electrons. The van der Waals surface area contributed by atoms with Crippen LogP contribution in [0.1, 0.15) is 20.8 Å². The molecule has 0 aromatic heterocycles. The van der Waals surface area contributed by atoms with Gasteiger partial charge in [0.05, 0.1) is 17.7 Å². The highest BCUT2D eigenvalue weighted by Crippen LogP contribution is 2.41. The first kappa shape index (κ1) is 13.4. The van der Waals surface area contributed by atoms with Gasteiger partial charge >= 0.3 is 0 Å². The summed E-state index contributed by atoms with van der Waals surface area (Å²) in [6.07, 6.45) is -0.640. The number of benzene rings is 1. The molecule has 3 atom stereocenters. The molecule has 0 spiro atoms. The van der Waals surface area contributed by atoms with Crippen LogP contribution in [0.5, 0.6) is 0 Å². The maximum absolute atomic E-state index is 12.2. The Kier molecular flexibility index (Phi) is 3.97. The van der Waals surface area contributed by atoms with Crippen molar-refractivity contribution in [2.75, 3.05) is 5.32 Å². The number of rotatable bonds is 2. The second kappa shape index (κ2) is 5.33. The number of aliphatic hydroxyl groups is 1. The first-order chi connectivity index (χ1) is 8.50. The summed E-state index contributed by atoms with van der Waals surface area (Å²) in [5, 5.41) is 12.9. The molecule has 2 N–H and O–H groups in total. The third-order valence-corrected chi connectivity index (χ3v) is 4.96. The molecule has 0 fully saturated rings. The van der Waals surface area contributed by atoms with E-state index in [9.17, 15) is 9.90 Å². The highest BCUT2D eigenvalue weighted by atomic mass is 32.2. The number of fused-ring (bicyclic) bond motifs is 1. The fraction of sp³-hybridized carbons (Fsp3) is 0.500.